The van der Waals surface area contributed by atoms with E-state index >= 15 is 0 Å². The second-order valence-corrected chi connectivity index (χ2v) is 6.84. The maximum Gasteiger partial charge on any atom is 0.483 e. The van der Waals surface area contributed by atoms with Crippen LogP contribution in [0.5, 0.6) is 5.75 Å². The predicted octanol–water partition coefficient (Wildman–Crippen LogP) is 3.67. The second kappa shape index (κ2) is 6.66. The molecule has 8 heteroatoms. The van der Waals surface area contributed by atoms with Gasteiger partial charge in [0.15, 0.2) is 11.2 Å². The van der Waals surface area contributed by atoms with Crippen LogP contribution in [-0.4, -0.2) is 17.1 Å². The molecule has 2 heterocycles. The highest BCUT2D eigenvalue weighted by atomic mass is 19.3. The third-order valence-electron chi connectivity index (χ3n) is 4.90. The molecular weight excluding hydrogens is 384 g/mol. The molecule has 0 saturated heterocycles. The summed E-state index contributed by atoms with van der Waals surface area (Å²) in [6.07, 6.45) is -5.23. The SMILES string of the molecule is Cc1oc2ccccc2c(=O)c1CN1C(=O)C(F)(F)Oc2c(C(C)O)cccc21. The predicted molar refractivity (Wildman–Crippen MR) is 101 cm³/mol. The molecule has 1 aromatic heterocycles. The molecule has 1 aliphatic heterocycles. The van der Waals surface area contributed by atoms with Crippen molar-refractivity contribution in [1.29, 1.82) is 0 Å². The first-order valence-corrected chi connectivity index (χ1v) is 8.92. The number of para-hydroxylation sites is 2. The summed E-state index contributed by atoms with van der Waals surface area (Å²) in [6.45, 7) is 2.52. The van der Waals surface area contributed by atoms with Crippen LogP contribution in [-0.2, 0) is 11.3 Å². The largest absolute Gasteiger partial charge is 0.483 e. The van der Waals surface area contributed by atoms with Crippen molar-refractivity contribution < 1.29 is 27.8 Å². The third kappa shape index (κ3) is 3.05. The number of anilines is 1. The standard InChI is InChI=1S/C21H17F2NO5/c1-11(25)13-7-5-8-16-19(13)29-21(22,23)20(27)24(16)10-15-12(2)28-17-9-4-3-6-14(17)18(15)26/h3-9,11,25H,10H2,1-2H3. The van der Waals surface area contributed by atoms with Crippen molar-refractivity contribution in [3.63, 3.8) is 0 Å². The summed E-state index contributed by atoms with van der Waals surface area (Å²) in [5.41, 5.74) is 0.214. The molecule has 4 rings (SSSR count). The number of rotatable bonds is 3. The first-order chi connectivity index (χ1) is 13.7. The summed E-state index contributed by atoms with van der Waals surface area (Å²) < 4.78 is 39.0. The van der Waals surface area contributed by atoms with Crippen LogP contribution >= 0.6 is 0 Å². The molecule has 1 N–H and O–H groups in total. The molecule has 0 aliphatic carbocycles. The fourth-order valence-electron chi connectivity index (χ4n) is 3.42. The number of carbonyl (C=O) groups excluding carboxylic acids is 1. The minimum absolute atomic E-state index is 0.0475. The van der Waals surface area contributed by atoms with Gasteiger partial charge in [-0.25, -0.2) is 0 Å². The Kier molecular flexibility index (Phi) is 4.38. The van der Waals surface area contributed by atoms with Gasteiger partial charge in [0.25, 0.3) is 0 Å². The summed E-state index contributed by atoms with van der Waals surface area (Å²) in [5.74, 6) is -1.67. The lowest BCUT2D eigenvalue weighted by molar-refractivity contribution is -0.193. The van der Waals surface area contributed by atoms with E-state index < -0.39 is 30.1 Å². The van der Waals surface area contributed by atoms with E-state index in [1.165, 1.54) is 25.1 Å². The molecule has 1 amide bonds. The van der Waals surface area contributed by atoms with Crippen LogP contribution in [0.25, 0.3) is 11.0 Å². The van der Waals surface area contributed by atoms with Crippen molar-refractivity contribution in [2.24, 2.45) is 0 Å². The van der Waals surface area contributed by atoms with Crippen molar-refractivity contribution in [1.82, 2.24) is 0 Å². The summed E-state index contributed by atoms with van der Waals surface area (Å²) in [6, 6.07) is 10.9. The molecule has 0 spiro atoms. The van der Waals surface area contributed by atoms with Crippen LogP contribution in [0.4, 0.5) is 14.5 Å². The van der Waals surface area contributed by atoms with Crippen molar-refractivity contribution in [2.75, 3.05) is 4.90 Å². The highest BCUT2D eigenvalue weighted by molar-refractivity contribution is 6.01. The van der Waals surface area contributed by atoms with Gasteiger partial charge in [-0.05, 0) is 32.0 Å². The van der Waals surface area contributed by atoms with E-state index in [4.69, 9.17) is 4.42 Å². The van der Waals surface area contributed by atoms with E-state index in [2.05, 4.69) is 4.74 Å². The van der Waals surface area contributed by atoms with Gasteiger partial charge >= 0.3 is 12.0 Å². The van der Waals surface area contributed by atoms with Gasteiger partial charge in [-0.2, -0.15) is 8.78 Å². The van der Waals surface area contributed by atoms with Crippen LogP contribution < -0.4 is 15.1 Å². The van der Waals surface area contributed by atoms with Crippen molar-refractivity contribution in [3.8, 4) is 5.75 Å². The van der Waals surface area contributed by atoms with Crippen LogP contribution in [0.2, 0.25) is 0 Å². The Labute approximate surface area is 163 Å². The molecule has 1 atom stereocenters. The minimum atomic E-state index is -4.14. The number of hydrogen-bond acceptors (Lipinski definition) is 5. The zero-order valence-electron chi connectivity index (χ0n) is 15.6. The molecule has 3 aromatic rings. The second-order valence-electron chi connectivity index (χ2n) is 6.84. The molecule has 0 fully saturated rings. The zero-order valence-corrected chi connectivity index (χ0v) is 15.6. The number of alkyl halides is 2. The molecule has 0 saturated carbocycles. The van der Waals surface area contributed by atoms with E-state index in [1.807, 2.05) is 0 Å². The van der Waals surface area contributed by atoms with E-state index in [-0.39, 0.29) is 28.3 Å². The molecule has 1 aliphatic rings. The number of nitrogens with zero attached hydrogens (tertiary/aromatic N) is 1. The molecule has 0 bridgehead atoms. The van der Waals surface area contributed by atoms with Gasteiger partial charge in [-0.15, -0.1) is 0 Å². The Morgan fingerprint density at radius 2 is 1.86 bits per heavy atom. The van der Waals surface area contributed by atoms with Crippen LogP contribution in [0.15, 0.2) is 51.7 Å². The number of aliphatic hydroxyl groups is 1. The van der Waals surface area contributed by atoms with Crippen molar-refractivity contribution >= 4 is 22.6 Å². The molecule has 1 unspecified atom stereocenters. The van der Waals surface area contributed by atoms with Gasteiger partial charge in [0.1, 0.15) is 11.3 Å². The van der Waals surface area contributed by atoms with Gasteiger partial charge in [0, 0.05) is 5.56 Å². The third-order valence-corrected chi connectivity index (χ3v) is 4.90. The normalized spacial score (nSPS) is 16.4. The van der Waals surface area contributed by atoms with Gasteiger partial charge in [-0.1, -0.05) is 24.3 Å². The van der Waals surface area contributed by atoms with Crippen molar-refractivity contribution in [2.45, 2.75) is 32.6 Å². The van der Waals surface area contributed by atoms with E-state index in [0.717, 1.165) is 4.90 Å². The van der Waals surface area contributed by atoms with Crippen LogP contribution in [0, 0.1) is 6.92 Å². The molecule has 29 heavy (non-hydrogen) atoms. The van der Waals surface area contributed by atoms with Crippen LogP contribution in [0.1, 0.15) is 29.9 Å². The first-order valence-electron chi connectivity index (χ1n) is 8.92. The lowest BCUT2D eigenvalue weighted by Crippen LogP contribution is -2.51. The Hall–Kier alpha value is -3.26. The molecule has 150 valence electrons. The number of halogens is 2. The number of aliphatic hydroxyl groups excluding tert-OH is 1. The first kappa shape index (κ1) is 19.1. The summed E-state index contributed by atoms with van der Waals surface area (Å²) >= 11 is 0. The maximum atomic E-state index is 14.3. The highest BCUT2D eigenvalue weighted by Crippen LogP contribution is 2.44. The average Bonchev–Trinajstić information content (AvgIpc) is 2.67. The van der Waals surface area contributed by atoms with Gasteiger partial charge in [0.05, 0.1) is 29.3 Å². The summed E-state index contributed by atoms with van der Waals surface area (Å²) in [7, 11) is 0. The monoisotopic (exact) mass is 401 g/mol. The van der Waals surface area contributed by atoms with E-state index in [9.17, 15) is 23.5 Å². The molecule has 2 aromatic carbocycles. The Bertz CT molecular complexity index is 1190. The zero-order chi connectivity index (χ0) is 20.9. The number of benzene rings is 2. The Morgan fingerprint density at radius 1 is 1.14 bits per heavy atom. The van der Waals surface area contributed by atoms with E-state index in [0.29, 0.717) is 11.0 Å². The number of aryl methyl sites for hydroxylation is 1. The number of ether oxygens (including phenoxy) is 1. The smallest absolute Gasteiger partial charge is 0.461 e. The Balaban J connectivity index is 1.88. The fourth-order valence-corrected chi connectivity index (χ4v) is 3.42. The molecular formula is C21H17F2NO5. The average molecular weight is 401 g/mol. The van der Waals surface area contributed by atoms with Crippen LogP contribution in [0.3, 0.4) is 0 Å². The number of hydrogen-bond donors (Lipinski definition) is 1. The number of amides is 1. The summed E-state index contributed by atoms with van der Waals surface area (Å²) in [4.78, 5) is 26.1. The topological polar surface area (TPSA) is 80.0 Å². The lowest BCUT2D eigenvalue weighted by atomic mass is 10.0. The molecule has 0 radical (unpaired) electrons. The van der Waals surface area contributed by atoms with Gasteiger partial charge in [-0.3, -0.25) is 14.5 Å². The molecule has 6 nitrogen and oxygen atoms in total. The fraction of sp³-hybridized carbons (Fsp3) is 0.238. The summed E-state index contributed by atoms with van der Waals surface area (Å²) in [5, 5.41) is 10.2. The number of fused-ring (bicyclic) bond motifs is 2. The minimum Gasteiger partial charge on any atom is -0.461 e. The quantitative estimate of drug-likeness (QED) is 0.724. The number of carbonyl (C=O) groups is 1. The van der Waals surface area contributed by atoms with Gasteiger partial charge in [0.2, 0.25) is 0 Å². The highest BCUT2D eigenvalue weighted by Gasteiger charge is 2.51. The van der Waals surface area contributed by atoms with Crippen molar-refractivity contribution in [3.05, 3.63) is 69.6 Å². The maximum absolute atomic E-state index is 14.3. The Morgan fingerprint density at radius 3 is 2.59 bits per heavy atom. The van der Waals surface area contributed by atoms with Gasteiger partial charge < -0.3 is 14.3 Å². The lowest BCUT2D eigenvalue weighted by Gasteiger charge is -2.35. The van der Waals surface area contributed by atoms with E-state index in [1.54, 1.807) is 31.2 Å².